The lowest BCUT2D eigenvalue weighted by atomic mass is 9.99. The average molecular weight is 449 g/mol. The predicted molar refractivity (Wildman–Crippen MR) is 135 cm³/mol. The van der Waals surface area contributed by atoms with Crippen LogP contribution in [-0.2, 0) is 0 Å². The summed E-state index contributed by atoms with van der Waals surface area (Å²) in [6, 6.07) is 22.7. The van der Waals surface area contributed by atoms with Gasteiger partial charge in [0.2, 0.25) is 0 Å². The number of carbonyl (C=O) groups excluding carboxylic acids is 1. The maximum Gasteiger partial charge on any atom is 0.169 e. The fourth-order valence-corrected chi connectivity index (χ4v) is 5.23. The van der Waals surface area contributed by atoms with E-state index in [1.807, 2.05) is 18.2 Å². The lowest BCUT2D eigenvalue weighted by Gasteiger charge is -2.06. The predicted octanol–water partition coefficient (Wildman–Crippen LogP) is 7.01. The Hall–Kier alpha value is -4.03. The Bertz CT molecular complexity index is 1670. The molecule has 0 bridgehead atoms. The van der Waals surface area contributed by atoms with E-state index in [1.165, 1.54) is 22.5 Å². The van der Waals surface area contributed by atoms with E-state index in [0.717, 1.165) is 54.2 Å². The first-order chi connectivity index (χ1) is 16.1. The third-order valence-electron chi connectivity index (χ3n) is 6.01. The molecule has 4 aromatic heterocycles. The van der Waals surface area contributed by atoms with Crippen LogP contribution in [0.5, 0.6) is 0 Å². The quantitative estimate of drug-likeness (QED) is 0.285. The van der Waals surface area contributed by atoms with Crippen LogP contribution in [0.4, 0.5) is 0 Å². The van der Waals surface area contributed by atoms with Crippen molar-refractivity contribution >= 4 is 38.9 Å². The second-order valence-electron chi connectivity index (χ2n) is 8.17. The van der Waals surface area contributed by atoms with Gasteiger partial charge in [-0.1, -0.05) is 30.3 Å². The monoisotopic (exact) mass is 448 g/mol. The molecule has 2 N–H and O–H groups in total. The van der Waals surface area contributed by atoms with Gasteiger partial charge in [0, 0.05) is 22.5 Å². The summed E-state index contributed by atoms with van der Waals surface area (Å²) < 4.78 is 0. The number of nitrogens with one attached hydrogen (secondary N) is 2. The molecule has 6 rings (SSSR count). The van der Waals surface area contributed by atoms with Crippen molar-refractivity contribution in [2.75, 3.05) is 0 Å². The van der Waals surface area contributed by atoms with Crippen LogP contribution >= 0.6 is 11.3 Å². The van der Waals surface area contributed by atoms with Crippen LogP contribution in [0.15, 0.2) is 72.9 Å². The van der Waals surface area contributed by atoms with Gasteiger partial charge in [0.05, 0.1) is 26.7 Å². The molecule has 0 aliphatic heterocycles. The minimum Gasteiger partial charge on any atom is -0.353 e. The van der Waals surface area contributed by atoms with Crippen molar-refractivity contribution in [3.8, 4) is 33.1 Å². The summed E-state index contributed by atoms with van der Waals surface area (Å²) in [6.07, 6.45) is 1.80. The Morgan fingerprint density at radius 3 is 2.58 bits per heavy atom. The smallest absolute Gasteiger partial charge is 0.169 e. The first-order valence-corrected chi connectivity index (χ1v) is 11.5. The van der Waals surface area contributed by atoms with Crippen molar-refractivity contribution in [2.24, 2.45) is 0 Å². The second kappa shape index (κ2) is 7.53. The molecule has 0 aliphatic rings. The molecule has 0 spiro atoms. The summed E-state index contributed by atoms with van der Waals surface area (Å²) in [4.78, 5) is 21.6. The van der Waals surface area contributed by atoms with E-state index in [2.05, 4.69) is 75.6 Å². The number of aromatic amines is 2. The van der Waals surface area contributed by atoms with Crippen molar-refractivity contribution in [1.29, 1.82) is 0 Å². The maximum absolute atomic E-state index is 11.8. The average Bonchev–Trinajstić information content (AvgIpc) is 3.56. The molecule has 33 heavy (non-hydrogen) atoms. The number of fused-ring (bicyclic) bond motifs is 2. The molecule has 0 fully saturated rings. The number of ketones is 1. The molecule has 2 aromatic carbocycles. The number of aromatic nitrogens is 4. The summed E-state index contributed by atoms with van der Waals surface area (Å²) in [7, 11) is 0. The number of carbonyl (C=O) groups is 1. The van der Waals surface area contributed by atoms with Crippen LogP contribution in [0.3, 0.4) is 0 Å². The molecule has 0 saturated heterocycles. The van der Waals surface area contributed by atoms with E-state index in [9.17, 15) is 4.79 Å². The first-order valence-electron chi connectivity index (χ1n) is 10.7. The molecule has 6 aromatic rings. The molecular formula is C27H20N4OS. The number of Topliss-reactive ketones (excluding diaryl/α,β-unsaturated/α-hetero) is 1. The van der Waals surface area contributed by atoms with Gasteiger partial charge in [0.25, 0.3) is 0 Å². The van der Waals surface area contributed by atoms with Crippen molar-refractivity contribution in [3.63, 3.8) is 0 Å². The van der Waals surface area contributed by atoms with Crippen LogP contribution in [0.25, 0.3) is 54.9 Å². The van der Waals surface area contributed by atoms with E-state index >= 15 is 0 Å². The molecule has 0 saturated carbocycles. The summed E-state index contributed by atoms with van der Waals surface area (Å²) >= 11 is 1.47. The standard InChI is InChI=1S/C27H20N4OS/c1-15-5-3-4-6-18(15)17-7-8-22-19(13-17)26(31-30-22)23-14-20-21(29-23)11-12-28-27(20)25-10-9-24(33-25)16(2)32/h3-14,29H,1-2H3,(H,30,31). The highest BCUT2D eigenvalue weighted by Gasteiger charge is 2.16. The van der Waals surface area contributed by atoms with Gasteiger partial charge in [-0.2, -0.15) is 5.10 Å². The van der Waals surface area contributed by atoms with Crippen LogP contribution in [-0.4, -0.2) is 25.9 Å². The SMILES string of the molecule is CC(=O)c1ccc(-c2nccc3[nH]c(-c4n[nH]c5ccc(-c6ccccc6C)cc45)cc23)s1. The van der Waals surface area contributed by atoms with E-state index in [0.29, 0.717) is 0 Å². The Morgan fingerprint density at radius 2 is 1.76 bits per heavy atom. The normalized spacial score (nSPS) is 11.5. The lowest BCUT2D eigenvalue weighted by molar-refractivity contribution is 0.102. The summed E-state index contributed by atoms with van der Waals surface area (Å²) in [5, 5.41) is 9.87. The number of rotatable bonds is 4. The molecule has 160 valence electrons. The van der Waals surface area contributed by atoms with Crippen LogP contribution < -0.4 is 0 Å². The van der Waals surface area contributed by atoms with Crippen LogP contribution in [0.2, 0.25) is 0 Å². The number of nitrogens with zero attached hydrogens (tertiary/aromatic N) is 2. The maximum atomic E-state index is 11.8. The van der Waals surface area contributed by atoms with E-state index in [-0.39, 0.29) is 5.78 Å². The van der Waals surface area contributed by atoms with E-state index in [1.54, 1.807) is 13.1 Å². The zero-order valence-corrected chi connectivity index (χ0v) is 19.0. The highest BCUT2D eigenvalue weighted by molar-refractivity contribution is 7.17. The summed E-state index contributed by atoms with van der Waals surface area (Å²) in [6.45, 7) is 3.72. The van der Waals surface area contributed by atoms with Gasteiger partial charge in [-0.05, 0) is 66.9 Å². The molecule has 4 heterocycles. The Labute approximate surface area is 194 Å². The molecule has 0 radical (unpaired) electrons. The molecule has 0 atom stereocenters. The summed E-state index contributed by atoms with van der Waals surface area (Å²) in [5.41, 5.74) is 8.26. The number of H-pyrrole nitrogens is 2. The van der Waals surface area contributed by atoms with Gasteiger partial charge < -0.3 is 4.98 Å². The largest absolute Gasteiger partial charge is 0.353 e. The zero-order valence-electron chi connectivity index (χ0n) is 18.1. The van der Waals surface area contributed by atoms with Crippen molar-refractivity contribution in [1.82, 2.24) is 20.2 Å². The molecule has 0 aliphatic carbocycles. The first kappa shape index (κ1) is 19.6. The number of pyridine rings is 1. The molecule has 6 heteroatoms. The van der Waals surface area contributed by atoms with Gasteiger partial charge in [-0.15, -0.1) is 11.3 Å². The van der Waals surface area contributed by atoms with Gasteiger partial charge >= 0.3 is 0 Å². The van der Waals surface area contributed by atoms with Gasteiger partial charge in [0.1, 0.15) is 5.69 Å². The topological polar surface area (TPSA) is 74.4 Å². The zero-order chi connectivity index (χ0) is 22.5. The van der Waals surface area contributed by atoms with Crippen molar-refractivity contribution in [3.05, 3.63) is 83.4 Å². The van der Waals surface area contributed by atoms with Crippen molar-refractivity contribution < 1.29 is 4.79 Å². The number of aryl methyl sites for hydroxylation is 1. The molecule has 5 nitrogen and oxygen atoms in total. The number of hydrogen-bond donors (Lipinski definition) is 2. The van der Waals surface area contributed by atoms with E-state index < -0.39 is 0 Å². The Balaban J connectivity index is 1.49. The van der Waals surface area contributed by atoms with Gasteiger partial charge in [-0.3, -0.25) is 14.9 Å². The minimum atomic E-state index is 0.0700. The Morgan fingerprint density at radius 1 is 0.909 bits per heavy atom. The third-order valence-corrected chi connectivity index (χ3v) is 7.20. The second-order valence-corrected chi connectivity index (χ2v) is 9.26. The number of benzene rings is 2. The van der Waals surface area contributed by atoms with Crippen LogP contribution in [0.1, 0.15) is 22.2 Å². The molecular weight excluding hydrogens is 428 g/mol. The molecule has 0 unspecified atom stereocenters. The summed E-state index contributed by atoms with van der Waals surface area (Å²) in [5.74, 6) is 0.0700. The fraction of sp³-hybridized carbons (Fsp3) is 0.0741. The fourth-order valence-electron chi connectivity index (χ4n) is 4.32. The molecule has 0 amide bonds. The third kappa shape index (κ3) is 3.27. The highest BCUT2D eigenvalue weighted by Crippen LogP contribution is 2.36. The Kier molecular flexibility index (Phi) is 4.48. The van der Waals surface area contributed by atoms with E-state index in [4.69, 9.17) is 0 Å². The minimum absolute atomic E-state index is 0.0700. The highest BCUT2D eigenvalue weighted by atomic mass is 32.1. The number of thiophene rings is 1. The van der Waals surface area contributed by atoms with Gasteiger partial charge in [-0.25, -0.2) is 0 Å². The lowest BCUT2D eigenvalue weighted by Crippen LogP contribution is -1.83. The van der Waals surface area contributed by atoms with Crippen LogP contribution in [0, 0.1) is 6.92 Å². The van der Waals surface area contributed by atoms with Gasteiger partial charge in [0.15, 0.2) is 5.78 Å². The van der Waals surface area contributed by atoms with Crippen molar-refractivity contribution in [2.45, 2.75) is 13.8 Å². The number of hydrogen-bond acceptors (Lipinski definition) is 4.